The van der Waals surface area contributed by atoms with Crippen LogP contribution in [0.5, 0.6) is 5.75 Å². The predicted molar refractivity (Wildman–Crippen MR) is 85.4 cm³/mol. The van der Waals surface area contributed by atoms with Crippen LogP contribution >= 0.6 is 12.4 Å². The zero-order valence-electron chi connectivity index (χ0n) is 12.1. The highest BCUT2D eigenvalue weighted by atomic mass is 35.5. The third-order valence-corrected chi connectivity index (χ3v) is 5.16. The van der Waals surface area contributed by atoms with Crippen molar-refractivity contribution in [1.82, 2.24) is 4.31 Å². The Kier molecular flexibility index (Phi) is 7.28. The quantitative estimate of drug-likeness (QED) is 0.852. The van der Waals surface area contributed by atoms with E-state index in [0.29, 0.717) is 18.8 Å². The molecule has 1 fully saturated rings. The zero-order valence-corrected chi connectivity index (χ0v) is 13.7. The van der Waals surface area contributed by atoms with Crippen molar-refractivity contribution in [2.24, 2.45) is 5.73 Å². The molecule has 1 aromatic rings. The van der Waals surface area contributed by atoms with Gasteiger partial charge in [0.1, 0.15) is 18.2 Å². The maximum absolute atomic E-state index is 13.1. The molecular formula is C14H20ClFN2O3S. The van der Waals surface area contributed by atoms with Gasteiger partial charge in [-0.1, -0.05) is 0 Å². The van der Waals surface area contributed by atoms with Gasteiger partial charge < -0.3 is 10.5 Å². The minimum absolute atomic E-state index is 0. The Balaban J connectivity index is 0.00000242. The van der Waals surface area contributed by atoms with Crippen molar-refractivity contribution in [2.75, 3.05) is 26.2 Å². The topological polar surface area (TPSA) is 72.6 Å². The summed E-state index contributed by atoms with van der Waals surface area (Å²) in [6.07, 6.45) is 3.02. The molecule has 0 amide bonds. The molecule has 22 heavy (non-hydrogen) atoms. The number of hydrogen-bond acceptors (Lipinski definition) is 4. The fraction of sp³-hybridized carbons (Fsp3) is 0.429. The summed E-state index contributed by atoms with van der Waals surface area (Å²) in [5.74, 6) is -0.0396. The Morgan fingerprint density at radius 2 is 1.86 bits per heavy atom. The molecule has 5 nitrogen and oxygen atoms in total. The van der Waals surface area contributed by atoms with Crippen molar-refractivity contribution in [3.05, 3.63) is 36.2 Å². The lowest BCUT2D eigenvalue weighted by molar-refractivity contribution is 0.318. The van der Waals surface area contributed by atoms with E-state index < -0.39 is 15.9 Å². The van der Waals surface area contributed by atoms with E-state index >= 15 is 0 Å². The molecule has 2 N–H and O–H groups in total. The van der Waals surface area contributed by atoms with Crippen LogP contribution < -0.4 is 10.5 Å². The SMILES string of the molecule is Cl.NCC=C(F)COc1ccc(S(=O)(=O)N2CCCC2)cc1. The first-order valence-corrected chi connectivity index (χ1v) is 8.25. The molecule has 1 aliphatic heterocycles. The first-order valence-electron chi connectivity index (χ1n) is 6.81. The number of ether oxygens (including phenoxy) is 1. The lowest BCUT2D eigenvalue weighted by Gasteiger charge is -2.15. The second-order valence-corrected chi connectivity index (χ2v) is 6.70. The molecular weight excluding hydrogens is 331 g/mol. The summed E-state index contributed by atoms with van der Waals surface area (Å²) in [7, 11) is -3.42. The molecule has 0 radical (unpaired) electrons. The molecule has 0 atom stereocenters. The summed E-state index contributed by atoms with van der Waals surface area (Å²) in [4.78, 5) is 0.231. The molecule has 0 saturated carbocycles. The van der Waals surface area contributed by atoms with E-state index in [1.54, 1.807) is 0 Å². The highest BCUT2D eigenvalue weighted by Crippen LogP contribution is 2.23. The van der Waals surface area contributed by atoms with Crippen LogP contribution in [0.2, 0.25) is 0 Å². The molecule has 0 bridgehead atoms. The average molecular weight is 351 g/mol. The van der Waals surface area contributed by atoms with E-state index in [0.717, 1.165) is 12.8 Å². The number of halogens is 2. The highest BCUT2D eigenvalue weighted by molar-refractivity contribution is 7.89. The van der Waals surface area contributed by atoms with E-state index in [1.807, 2.05) is 0 Å². The Bertz CT molecular complexity index is 599. The minimum atomic E-state index is -3.42. The molecule has 8 heteroatoms. The molecule has 0 aliphatic carbocycles. The molecule has 1 aromatic carbocycles. The lowest BCUT2D eigenvalue weighted by Crippen LogP contribution is -2.27. The summed E-state index contributed by atoms with van der Waals surface area (Å²) in [5, 5.41) is 0. The maximum atomic E-state index is 13.1. The predicted octanol–water partition coefficient (Wildman–Crippen LogP) is 2.08. The summed E-state index contributed by atoms with van der Waals surface area (Å²) in [6, 6.07) is 6.01. The second-order valence-electron chi connectivity index (χ2n) is 4.76. The Morgan fingerprint density at radius 1 is 1.27 bits per heavy atom. The van der Waals surface area contributed by atoms with E-state index in [9.17, 15) is 12.8 Å². The summed E-state index contributed by atoms with van der Waals surface area (Å²) >= 11 is 0. The number of hydrogen-bond donors (Lipinski definition) is 1. The molecule has 2 rings (SSSR count). The molecule has 0 unspecified atom stereocenters. The van der Waals surface area contributed by atoms with Crippen LogP contribution in [-0.2, 0) is 10.0 Å². The van der Waals surface area contributed by atoms with E-state index in [-0.39, 0.29) is 30.5 Å². The van der Waals surface area contributed by atoms with Crippen molar-refractivity contribution in [3.8, 4) is 5.75 Å². The molecule has 124 valence electrons. The fourth-order valence-corrected chi connectivity index (χ4v) is 3.64. The van der Waals surface area contributed by atoms with Gasteiger partial charge in [-0.05, 0) is 43.2 Å². The maximum Gasteiger partial charge on any atom is 0.243 e. The van der Waals surface area contributed by atoms with Crippen molar-refractivity contribution in [3.63, 3.8) is 0 Å². The van der Waals surface area contributed by atoms with Crippen molar-refractivity contribution in [2.45, 2.75) is 17.7 Å². The summed E-state index contributed by atoms with van der Waals surface area (Å²) < 4.78 is 44.4. The zero-order chi connectivity index (χ0) is 15.3. The summed E-state index contributed by atoms with van der Waals surface area (Å²) in [5.41, 5.74) is 5.18. The lowest BCUT2D eigenvalue weighted by atomic mass is 10.3. The molecule has 1 saturated heterocycles. The number of sulfonamides is 1. The second kappa shape index (κ2) is 8.47. The van der Waals surface area contributed by atoms with Gasteiger partial charge in [0.2, 0.25) is 10.0 Å². The molecule has 1 heterocycles. The fourth-order valence-electron chi connectivity index (χ4n) is 2.12. The van der Waals surface area contributed by atoms with Crippen LogP contribution in [0.4, 0.5) is 4.39 Å². The van der Waals surface area contributed by atoms with Crippen molar-refractivity contribution >= 4 is 22.4 Å². The van der Waals surface area contributed by atoms with Crippen LogP contribution in [-0.4, -0.2) is 39.0 Å². The first kappa shape index (κ1) is 18.9. The largest absolute Gasteiger partial charge is 0.487 e. The standard InChI is InChI=1S/C14H19FN2O3S.ClH/c15-12(7-8-16)11-20-13-3-5-14(6-4-13)21(18,19)17-9-1-2-10-17;/h3-7H,1-2,8-11,16H2;1H. The average Bonchev–Trinajstić information content (AvgIpc) is 3.01. The van der Waals surface area contributed by atoms with Gasteiger partial charge in [-0.15, -0.1) is 12.4 Å². The molecule has 1 aliphatic rings. The third kappa shape index (κ3) is 4.67. The molecule has 0 spiro atoms. The third-order valence-electron chi connectivity index (χ3n) is 3.24. The highest BCUT2D eigenvalue weighted by Gasteiger charge is 2.26. The monoisotopic (exact) mass is 350 g/mol. The van der Waals surface area contributed by atoms with E-state index in [2.05, 4.69) is 0 Å². The van der Waals surface area contributed by atoms with Crippen LogP contribution in [0.25, 0.3) is 0 Å². The normalized spacial score (nSPS) is 16.4. The van der Waals surface area contributed by atoms with Gasteiger partial charge in [0, 0.05) is 19.6 Å². The number of benzene rings is 1. The first-order chi connectivity index (χ1) is 10.0. The summed E-state index contributed by atoms with van der Waals surface area (Å²) in [6.45, 7) is 1.03. The van der Waals surface area contributed by atoms with Crippen LogP contribution in [0.3, 0.4) is 0 Å². The van der Waals surface area contributed by atoms with Crippen LogP contribution in [0.1, 0.15) is 12.8 Å². The Labute approximate surface area is 136 Å². The molecule has 0 aromatic heterocycles. The van der Waals surface area contributed by atoms with Gasteiger partial charge >= 0.3 is 0 Å². The number of nitrogens with zero attached hydrogens (tertiary/aromatic N) is 1. The Hall–Kier alpha value is -1.15. The van der Waals surface area contributed by atoms with E-state index in [4.69, 9.17) is 10.5 Å². The van der Waals surface area contributed by atoms with Gasteiger partial charge in [-0.2, -0.15) is 4.31 Å². The van der Waals surface area contributed by atoms with Gasteiger partial charge in [-0.3, -0.25) is 0 Å². The van der Waals surface area contributed by atoms with Gasteiger partial charge in [0.25, 0.3) is 0 Å². The van der Waals surface area contributed by atoms with Gasteiger partial charge in [-0.25, -0.2) is 12.8 Å². The van der Waals surface area contributed by atoms with Crippen molar-refractivity contribution < 1.29 is 17.5 Å². The number of rotatable bonds is 6. The van der Waals surface area contributed by atoms with Gasteiger partial charge in [0.05, 0.1) is 4.90 Å². The van der Waals surface area contributed by atoms with E-state index in [1.165, 1.54) is 34.6 Å². The van der Waals surface area contributed by atoms with Crippen molar-refractivity contribution in [1.29, 1.82) is 0 Å². The van der Waals surface area contributed by atoms with Crippen LogP contribution in [0, 0.1) is 0 Å². The number of nitrogens with two attached hydrogens (primary N) is 1. The Morgan fingerprint density at radius 3 is 2.41 bits per heavy atom. The van der Waals surface area contributed by atoms with Crippen LogP contribution in [0.15, 0.2) is 41.1 Å². The minimum Gasteiger partial charge on any atom is -0.487 e. The van der Waals surface area contributed by atoms with Gasteiger partial charge in [0.15, 0.2) is 0 Å². The smallest absolute Gasteiger partial charge is 0.243 e.